The van der Waals surface area contributed by atoms with Gasteiger partial charge in [0, 0.05) is 24.7 Å². The number of aromatic amines is 1. The summed E-state index contributed by atoms with van der Waals surface area (Å²) in [5, 5.41) is 2.76. The molecule has 0 saturated heterocycles. The molecule has 5 heteroatoms. The van der Waals surface area contributed by atoms with Crippen LogP contribution < -0.4 is 10.3 Å². The zero-order valence-corrected chi connectivity index (χ0v) is 8.95. The summed E-state index contributed by atoms with van der Waals surface area (Å²) >= 11 is 0. The number of aryl methyl sites for hydroxylation is 1. The molecule has 0 spiro atoms. The maximum Gasteiger partial charge on any atom is 0.266 e. The van der Waals surface area contributed by atoms with Gasteiger partial charge in [0.2, 0.25) is 0 Å². The Bertz CT molecular complexity index is 572. The van der Waals surface area contributed by atoms with Crippen molar-refractivity contribution in [3.63, 3.8) is 0 Å². The number of rotatable bonds is 2. The zero-order chi connectivity index (χ0) is 11.7. The van der Waals surface area contributed by atoms with Crippen LogP contribution in [0.2, 0.25) is 0 Å². The van der Waals surface area contributed by atoms with Gasteiger partial charge in [-0.05, 0) is 12.1 Å². The molecule has 0 fully saturated rings. The molecule has 0 amide bonds. The highest BCUT2D eigenvalue weighted by Gasteiger charge is 2.09. The van der Waals surface area contributed by atoms with Crippen LogP contribution in [0.3, 0.4) is 0 Å². The van der Waals surface area contributed by atoms with Crippen molar-refractivity contribution in [1.29, 1.82) is 0 Å². The molecule has 0 atom stereocenters. The van der Waals surface area contributed by atoms with E-state index in [4.69, 9.17) is 4.74 Å². The highest BCUT2D eigenvalue weighted by atomic mass is 19.1. The fraction of sp³-hybridized carbons (Fsp3) is 0.182. The van der Waals surface area contributed by atoms with Crippen LogP contribution in [0.25, 0.3) is 11.3 Å². The summed E-state index contributed by atoms with van der Waals surface area (Å²) in [5.41, 5.74) is 0.594. The van der Waals surface area contributed by atoms with Gasteiger partial charge in [0.05, 0.1) is 12.8 Å². The number of benzene rings is 1. The second kappa shape index (κ2) is 3.84. The minimum Gasteiger partial charge on any atom is -0.497 e. The summed E-state index contributed by atoms with van der Waals surface area (Å²) in [6.45, 7) is 0. The first-order valence-corrected chi connectivity index (χ1v) is 4.72. The third-order valence-electron chi connectivity index (χ3n) is 2.35. The first-order chi connectivity index (χ1) is 7.61. The summed E-state index contributed by atoms with van der Waals surface area (Å²) in [4.78, 5) is 11.2. The Morgan fingerprint density at radius 2 is 2.12 bits per heavy atom. The lowest BCUT2D eigenvalue weighted by Crippen LogP contribution is -2.09. The molecular formula is C11H11FN2O2. The van der Waals surface area contributed by atoms with Crippen LogP contribution in [0.5, 0.6) is 5.75 Å². The van der Waals surface area contributed by atoms with E-state index in [2.05, 4.69) is 5.10 Å². The summed E-state index contributed by atoms with van der Waals surface area (Å²) in [6.07, 6.45) is 0. The van der Waals surface area contributed by atoms with Crippen molar-refractivity contribution in [1.82, 2.24) is 9.78 Å². The number of hydrogen-bond donors (Lipinski definition) is 1. The molecular weight excluding hydrogens is 211 g/mol. The molecule has 0 radical (unpaired) electrons. The average molecular weight is 222 g/mol. The lowest BCUT2D eigenvalue weighted by molar-refractivity contribution is 0.411. The Morgan fingerprint density at radius 3 is 2.62 bits per heavy atom. The smallest absolute Gasteiger partial charge is 0.266 e. The Hall–Kier alpha value is -2.04. The van der Waals surface area contributed by atoms with E-state index >= 15 is 0 Å². The van der Waals surface area contributed by atoms with Gasteiger partial charge < -0.3 is 4.74 Å². The molecule has 0 aliphatic heterocycles. The van der Waals surface area contributed by atoms with E-state index in [0.717, 1.165) is 0 Å². The monoisotopic (exact) mass is 222 g/mol. The van der Waals surface area contributed by atoms with Gasteiger partial charge in [-0.3, -0.25) is 14.6 Å². The van der Waals surface area contributed by atoms with E-state index in [1.807, 2.05) is 0 Å². The van der Waals surface area contributed by atoms with Crippen molar-refractivity contribution in [2.24, 2.45) is 7.05 Å². The Balaban J connectivity index is 2.52. The van der Waals surface area contributed by atoms with Gasteiger partial charge in [-0.2, -0.15) is 0 Å². The van der Waals surface area contributed by atoms with Gasteiger partial charge in [-0.25, -0.2) is 4.39 Å². The van der Waals surface area contributed by atoms with E-state index < -0.39 is 5.82 Å². The normalized spacial score (nSPS) is 10.4. The lowest BCUT2D eigenvalue weighted by atomic mass is 10.1. The van der Waals surface area contributed by atoms with Crippen LogP contribution in [0.1, 0.15) is 0 Å². The van der Waals surface area contributed by atoms with E-state index in [-0.39, 0.29) is 5.56 Å². The van der Waals surface area contributed by atoms with Crippen molar-refractivity contribution in [3.05, 3.63) is 40.4 Å². The highest BCUT2D eigenvalue weighted by Crippen LogP contribution is 2.23. The molecule has 1 aromatic heterocycles. The SMILES string of the molecule is COc1ccc(-c2cc(=O)n(C)[nH]2)c(F)c1. The number of nitrogens with one attached hydrogen (secondary N) is 1. The molecule has 4 nitrogen and oxygen atoms in total. The van der Waals surface area contributed by atoms with Gasteiger partial charge in [-0.15, -0.1) is 0 Å². The quantitative estimate of drug-likeness (QED) is 0.837. The minimum atomic E-state index is -0.429. The van der Waals surface area contributed by atoms with Gasteiger partial charge >= 0.3 is 0 Å². The predicted octanol–water partition coefficient (Wildman–Crippen LogP) is 1.53. The summed E-state index contributed by atoms with van der Waals surface area (Å²) in [7, 11) is 3.05. The van der Waals surface area contributed by atoms with Crippen molar-refractivity contribution >= 4 is 0 Å². The fourth-order valence-electron chi connectivity index (χ4n) is 1.47. The third kappa shape index (κ3) is 1.71. The van der Waals surface area contributed by atoms with Crippen molar-refractivity contribution < 1.29 is 9.13 Å². The number of halogens is 1. The average Bonchev–Trinajstić information content (AvgIpc) is 2.58. The number of nitrogens with zero attached hydrogens (tertiary/aromatic N) is 1. The van der Waals surface area contributed by atoms with Crippen LogP contribution in [-0.4, -0.2) is 16.9 Å². The molecule has 2 aromatic rings. The van der Waals surface area contributed by atoms with Crippen LogP contribution in [0.4, 0.5) is 4.39 Å². The molecule has 1 heterocycles. The lowest BCUT2D eigenvalue weighted by Gasteiger charge is -2.03. The van der Waals surface area contributed by atoms with Gasteiger partial charge in [0.1, 0.15) is 11.6 Å². The summed E-state index contributed by atoms with van der Waals surface area (Å²) < 4.78 is 19.8. The van der Waals surface area contributed by atoms with Crippen molar-refractivity contribution in [2.45, 2.75) is 0 Å². The fourth-order valence-corrected chi connectivity index (χ4v) is 1.47. The largest absolute Gasteiger partial charge is 0.497 e. The number of hydrogen-bond acceptors (Lipinski definition) is 2. The van der Waals surface area contributed by atoms with Crippen LogP contribution in [0, 0.1) is 5.82 Å². The molecule has 1 aromatic carbocycles. The molecule has 0 aliphatic rings. The molecule has 2 rings (SSSR count). The number of aromatic nitrogens is 2. The van der Waals surface area contributed by atoms with Crippen LogP contribution >= 0.6 is 0 Å². The molecule has 1 N–H and O–H groups in total. The predicted molar refractivity (Wildman–Crippen MR) is 58.0 cm³/mol. The van der Waals surface area contributed by atoms with Crippen LogP contribution in [0.15, 0.2) is 29.1 Å². The Morgan fingerprint density at radius 1 is 1.38 bits per heavy atom. The standard InChI is InChI=1S/C11H11FN2O2/c1-14-11(15)6-10(13-14)8-4-3-7(16-2)5-9(8)12/h3-6,13H,1-2H3. The topological polar surface area (TPSA) is 47.0 Å². The second-order valence-electron chi connectivity index (χ2n) is 3.41. The molecule has 0 saturated carbocycles. The maximum absolute atomic E-state index is 13.7. The Labute approximate surface area is 91.3 Å². The van der Waals surface area contributed by atoms with Gasteiger partial charge in [-0.1, -0.05) is 0 Å². The van der Waals surface area contributed by atoms with Crippen molar-refractivity contribution in [3.8, 4) is 17.0 Å². The first-order valence-electron chi connectivity index (χ1n) is 4.72. The second-order valence-corrected chi connectivity index (χ2v) is 3.41. The molecule has 0 aliphatic carbocycles. The summed E-state index contributed by atoms with van der Waals surface area (Å²) in [5.74, 6) is 0.0146. The van der Waals surface area contributed by atoms with E-state index in [1.165, 1.54) is 23.9 Å². The molecule has 0 bridgehead atoms. The molecule has 84 valence electrons. The summed E-state index contributed by atoms with van der Waals surface area (Å²) in [6, 6.07) is 5.84. The van der Waals surface area contributed by atoms with Crippen molar-refractivity contribution in [2.75, 3.05) is 7.11 Å². The minimum absolute atomic E-state index is 0.204. The maximum atomic E-state index is 13.7. The zero-order valence-electron chi connectivity index (χ0n) is 8.95. The number of H-pyrrole nitrogens is 1. The molecule has 0 unspecified atom stereocenters. The van der Waals surface area contributed by atoms with Gasteiger partial charge in [0.15, 0.2) is 0 Å². The first kappa shape index (κ1) is 10.5. The van der Waals surface area contributed by atoms with Gasteiger partial charge in [0.25, 0.3) is 5.56 Å². The van der Waals surface area contributed by atoms with E-state index in [0.29, 0.717) is 17.0 Å². The number of ether oxygens (including phenoxy) is 1. The molecule has 16 heavy (non-hydrogen) atoms. The highest BCUT2D eigenvalue weighted by molar-refractivity contribution is 5.60. The number of methoxy groups -OCH3 is 1. The Kier molecular flexibility index (Phi) is 2.52. The van der Waals surface area contributed by atoms with E-state index in [9.17, 15) is 9.18 Å². The van der Waals surface area contributed by atoms with Crippen LogP contribution in [-0.2, 0) is 7.05 Å². The van der Waals surface area contributed by atoms with E-state index in [1.54, 1.807) is 19.2 Å². The third-order valence-corrected chi connectivity index (χ3v) is 2.35.